The Hall–Kier alpha value is -1.84. The lowest BCUT2D eigenvalue weighted by Crippen LogP contribution is -2.60. The average molecular weight is 580 g/mol. The Bertz CT molecular complexity index is 745. The van der Waals surface area contributed by atoms with E-state index in [1.165, 1.54) is 0 Å². The predicted molar refractivity (Wildman–Crippen MR) is 98.6 cm³/mol. The second-order valence-corrected chi connectivity index (χ2v) is 8.21. The minimum atomic E-state index is -6.99. The summed E-state index contributed by atoms with van der Waals surface area (Å²) in [5, 5.41) is 9.09. The van der Waals surface area contributed by atoms with Crippen molar-refractivity contribution in [3.05, 3.63) is 12.2 Å². The summed E-state index contributed by atoms with van der Waals surface area (Å²) in [6.45, 7) is 0. The molecule has 0 fully saturated rings. The van der Waals surface area contributed by atoms with Crippen molar-refractivity contribution in [3.8, 4) is 0 Å². The molecule has 0 aliphatic rings. The molecule has 220 valence electrons. The first-order valence-corrected chi connectivity index (χ1v) is 10.6. The van der Waals surface area contributed by atoms with Gasteiger partial charge in [-0.3, -0.25) is 4.79 Å². The summed E-state index contributed by atoms with van der Waals surface area (Å²) in [6, 6.07) is 0. The number of hydrogen-bond acceptors (Lipinski definition) is 1. The van der Waals surface area contributed by atoms with Crippen LogP contribution in [-0.4, -0.2) is 53.3 Å². The summed E-state index contributed by atoms with van der Waals surface area (Å²) in [4.78, 5) is 11.2. The van der Waals surface area contributed by atoms with E-state index in [1.54, 1.807) is 0 Å². The van der Waals surface area contributed by atoms with Crippen LogP contribution in [0.1, 0.15) is 57.8 Å². The molecule has 0 radical (unpaired) electrons. The molecule has 0 heterocycles. The van der Waals surface area contributed by atoms with Crippen molar-refractivity contribution in [3.63, 3.8) is 0 Å². The van der Waals surface area contributed by atoms with E-state index in [0.717, 1.165) is 12.2 Å². The zero-order valence-corrected chi connectivity index (χ0v) is 18.7. The van der Waals surface area contributed by atoms with Gasteiger partial charge in [0, 0.05) is 12.8 Å². The molecule has 2 nitrogen and oxygen atoms in total. The van der Waals surface area contributed by atoms with Gasteiger partial charge in [-0.05, 0) is 32.1 Å². The lowest BCUT2D eigenvalue weighted by molar-refractivity contribution is -0.396. The van der Waals surface area contributed by atoms with E-state index >= 15 is 0 Å². The molecule has 17 heteroatoms. The molecule has 0 saturated carbocycles. The molecule has 0 amide bonds. The maximum Gasteiger partial charge on any atom is 0.460 e. The molecular weight excluding hydrogens is 557 g/mol. The van der Waals surface area contributed by atoms with Gasteiger partial charge in [-0.1, -0.05) is 25.0 Å². The van der Waals surface area contributed by atoms with Gasteiger partial charge in [0.1, 0.15) is 0 Å². The maximum atomic E-state index is 13.4. The number of unbranched alkanes of at least 4 members (excludes halogenated alkanes) is 3. The van der Waals surface area contributed by atoms with Crippen LogP contribution < -0.4 is 0 Å². The highest BCUT2D eigenvalue weighted by atomic mass is 19.4. The van der Waals surface area contributed by atoms with Gasteiger partial charge in [-0.25, -0.2) is 8.78 Å². The second kappa shape index (κ2) is 12.8. The van der Waals surface area contributed by atoms with Crippen molar-refractivity contribution < 1.29 is 75.8 Å². The summed E-state index contributed by atoms with van der Waals surface area (Å²) in [5.41, 5.74) is 0. The van der Waals surface area contributed by atoms with Crippen LogP contribution in [0.3, 0.4) is 0 Å². The molecule has 0 aromatic rings. The lowest BCUT2D eigenvalue weighted by Gasteiger charge is -2.33. The van der Waals surface area contributed by atoms with Crippen molar-refractivity contribution in [1.29, 1.82) is 0 Å². The quantitative estimate of drug-likeness (QED) is 0.106. The number of carboxylic acid groups (broad SMARTS) is 1. The van der Waals surface area contributed by atoms with Crippen molar-refractivity contribution in [1.82, 2.24) is 0 Å². The Morgan fingerprint density at radius 2 is 1.19 bits per heavy atom. The predicted octanol–water partition coefficient (Wildman–Crippen LogP) is 8.76. The number of carbonyl (C=O) groups is 1. The molecule has 0 aliphatic carbocycles. The van der Waals surface area contributed by atoms with Gasteiger partial charge in [0.25, 0.3) is 0 Å². The Balaban J connectivity index is 4.64. The topological polar surface area (TPSA) is 37.3 Å². The molecule has 0 aromatic heterocycles. The van der Waals surface area contributed by atoms with Crippen LogP contribution in [0.15, 0.2) is 12.2 Å². The number of allylic oxidation sites excluding steroid dienone is 2. The van der Waals surface area contributed by atoms with Gasteiger partial charge in [-0.15, -0.1) is 0 Å². The van der Waals surface area contributed by atoms with Gasteiger partial charge in [-0.2, -0.15) is 57.1 Å². The van der Waals surface area contributed by atoms with Crippen LogP contribution in [0.2, 0.25) is 0 Å². The number of aliphatic carboxylic acids is 1. The first-order chi connectivity index (χ1) is 16.5. The fraction of sp³-hybridized carbons (Fsp3) is 0.850. The fourth-order valence-electron chi connectivity index (χ4n) is 2.97. The van der Waals surface area contributed by atoms with Crippen LogP contribution in [-0.2, 0) is 4.79 Å². The van der Waals surface area contributed by atoms with Gasteiger partial charge in [0.05, 0.1) is 5.92 Å². The Morgan fingerprint density at radius 1 is 0.676 bits per heavy atom. The summed E-state index contributed by atoms with van der Waals surface area (Å²) in [6.07, 6.45) is -16.1. The van der Waals surface area contributed by atoms with E-state index in [2.05, 4.69) is 0 Å². The molecule has 1 unspecified atom stereocenters. The van der Waals surface area contributed by atoms with Crippen LogP contribution >= 0.6 is 0 Å². The largest absolute Gasteiger partial charge is 0.481 e. The lowest BCUT2D eigenvalue weighted by atomic mass is 9.95. The Labute approximate surface area is 200 Å². The molecule has 0 aliphatic heterocycles. The monoisotopic (exact) mass is 580 g/mol. The van der Waals surface area contributed by atoms with E-state index in [1.807, 2.05) is 0 Å². The standard InChI is InChI=1S/C20H23F15O2/c21-14(22)17(27,28)15(23,24)10-7-3-5-9-12(13(36)37)8-4-1-2-6-11-16(25,26)18(29,30)19(31,32)20(33,34)35/h1,4,12,14H,2-3,5-11H2,(H,36,37). The number of carboxylic acids is 1. The minimum Gasteiger partial charge on any atom is -0.481 e. The highest BCUT2D eigenvalue weighted by molar-refractivity contribution is 5.70. The van der Waals surface area contributed by atoms with E-state index in [0.29, 0.717) is 0 Å². The molecule has 0 spiro atoms. The van der Waals surface area contributed by atoms with Gasteiger partial charge in [0.15, 0.2) is 0 Å². The van der Waals surface area contributed by atoms with Crippen LogP contribution in [0.25, 0.3) is 0 Å². The van der Waals surface area contributed by atoms with E-state index in [-0.39, 0.29) is 25.7 Å². The molecule has 0 aromatic carbocycles. The fourth-order valence-corrected chi connectivity index (χ4v) is 2.97. The smallest absolute Gasteiger partial charge is 0.460 e. The summed E-state index contributed by atoms with van der Waals surface area (Å²) in [5.74, 6) is -32.6. The molecule has 0 rings (SSSR count). The third-order valence-corrected chi connectivity index (χ3v) is 5.31. The van der Waals surface area contributed by atoms with Crippen molar-refractivity contribution in [2.24, 2.45) is 5.92 Å². The summed E-state index contributed by atoms with van der Waals surface area (Å²) >= 11 is 0. The SMILES string of the molecule is O=C(O)C(CC=CCCCC(F)(F)C(F)(F)C(F)(F)C(F)(F)F)CCCCCC(F)(F)C(F)(F)C(F)F. The van der Waals surface area contributed by atoms with E-state index in [9.17, 15) is 70.7 Å². The zero-order chi connectivity index (χ0) is 29.5. The van der Waals surface area contributed by atoms with E-state index in [4.69, 9.17) is 5.11 Å². The molecule has 1 N–H and O–H groups in total. The molecule has 37 heavy (non-hydrogen) atoms. The Kier molecular flexibility index (Phi) is 12.2. The highest BCUT2D eigenvalue weighted by Crippen LogP contribution is 2.54. The van der Waals surface area contributed by atoms with Gasteiger partial charge < -0.3 is 5.11 Å². The zero-order valence-electron chi connectivity index (χ0n) is 18.7. The maximum absolute atomic E-state index is 13.4. The third-order valence-electron chi connectivity index (χ3n) is 5.31. The van der Waals surface area contributed by atoms with Gasteiger partial charge in [0.2, 0.25) is 0 Å². The number of rotatable bonds is 17. The molecule has 0 saturated heterocycles. The normalized spacial score (nSPS) is 15.6. The number of hydrogen-bond donors (Lipinski definition) is 1. The van der Waals surface area contributed by atoms with Crippen LogP contribution in [0.5, 0.6) is 0 Å². The summed E-state index contributed by atoms with van der Waals surface area (Å²) in [7, 11) is 0. The van der Waals surface area contributed by atoms with Crippen molar-refractivity contribution >= 4 is 5.97 Å². The van der Waals surface area contributed by atoms with Crippen LogP contribution in [0.4, 0.5) is 65.9 Å². The van der Waals surface area contributed by atoms with Gasteiger partial charge >= 0.3 is 48.2 Å². The number of alkyl halides is 15. The van der Waals surface area contributed by atoms with Crippen molar-refractivity contribution in [2.45, 2.75) is 100 Å². The van der Waals surface area contributed by atoms with Crippen molar-refractivity contribution in [2.75, 3.05) is 0 Å². The first kappa shape index (κ1) is 35.2. The van der Waals surface area contributed by atoms with Crippen LogP contribution in [0, 0.1) is 5.92 Å². The Morgan fingerprint density at radius 3 is 1.65 bits per heavy atom. The highest BCUT2D eigenvalue weighted by Gasteiger charge is 2.81. The third kappa shape index (κ3) is 8.86. The second-order valence-electron chi connectivity index (χ2n) is 8.21. The summed E-state index contributed by atoms with van der Waals surface area (Å²) < 4.78 is 191. The molecule has 0 bridgehead atoms. The first-order valence-electron chi connectivity index (χ1n) is 10.6. The minimum absolute atomic E-state index is 0.101. The molecule has 1 atom stereocenters. The average Bonchev–Trinajstić information content (AvgIpc) is 2.72. The number of halogens is 15. The van der Waals surface area contributed by atoms with E-state index < -0.39 is 86.2 Å². The molecular formula is C20H23F15O2.